The second kappa shape index (κ2) is 7.67. The number of benzene rings is 1. The zero-order valence-electron chi connectivity index (χ0n) is 12.8. The van der Waals surface area contributed by atoms with Crippen molar-refractivity contribution in [2.24, 2.45) is 7.05 Å². The number of aryl methyl sites for hydroxylation is 1. The Labute approximate surface area is 128 Å². The summed E-state index contributed by atoms with van der Waals surface area (Å²) in [6, 6.07) is 7.09. The third kappa shape index (κ3) is 3.69. The van der Waals surface area contributed by atoms with Gasteiger partial charge in [-0.05, 0) is 12.1 Å². The SMILES string of the molecule is COCCNCCNC(=O)c1nn(C)c2ccccc2c1=O. The van der Waals surface area contributed by atoms with Gasteiger partial charge in [-0.1, -0.05) is 12.1 Å². The number of carbonyl (C=O) groups is 1. The molecule has 0 atom stereocenters. The molecule has 2 N–H and O–H groups in total. The summed E-state index contributed by atoms with van der Waals surface area (Å²) in [5.74, 6) is -0.458. The molecule has 0 saturated carbocycles. The van der Waals surface area contributed by atoms with Gasteiger partial charge in [0.05, 0.1) is 12.1 Å². The van der Waals surface area contributed by atoms with E-state index in [2.05, 4.69) is 15.7 Å². The van der Waals surface area contributed by atoms with Gasteiger partial charge in [0.25, 0.3) is 5.91 Å². The Hall–Kier alpha value is -2.25. The largest absolute Gasteiger partial charge is 0.383 e. The van der Waals surface area contributed by atoms with Crippen molar-refractivity contribution in [2.45, 2.75) is 0 Å². The smallest absolute Gasteiger partial charge is 0.275 e. The minimum atomic E-state index is -0.458. The molecule has 0 saturated heterocycles. The zero-order valence-corrected chi connectivity index (χ0v) is 12.8. The van der Waals surface area contributed by atoms with Gasteiger partial charge in [0.15, 0.2) is 5.69 Å². The fraction of sp³-hybridized carbons (Fsp3) is 0.400. The van der Waals surface area contributed by atoms with Crippen molar-refractivity contribution in [3.8, 4) is 0 Å². The van der Waals surface area contributed by atoms with Gasteiger partial charge in [-0.3, -0.25) is 14.3 Å². The molecule has 2 aromatic rings. The second-order valence-electron chi connectivity index (χ2n) is 4.82. The highest BCUT2D eigenvalue weighted by atomic mass is 16.5. The fourth-order valence-corrected chi connectivity index (χ4v) is 2.12. The molecule has 0 fully saturated rings. The highest BCUT2D eigenvalue weighted by molar-refractivity contribution is 5.95. The monoisotopic (exact) mass is 304 g/mol. The topological polar surface area (TPSA) is 85.2 Å². The minimum absolute atomic E-state index is 0.0851. The van der Waals surface area contributed by atoms with Gasteiger partial charge in [0, 0.05) is 39.2 Å². The average Bonchev–Trinajstić information content (AvgIpc) is 2.54. The molecular formula is C15H20N4O3. The maximum atomic E-state index is 12.3. The van der Waals surface area contributed by atoms with Crippen molar-refractivity contribution in [3.63, 3.8) is 0 Å². The van der Waals surface area contributed by atoms with Crippen molar-refractivity contribution in [3.05, 3.63) is 40.2 Å². The van der Waals surface area contributed by atoms with Crippen LogP contribution < -0.4 is 16.1 Å². The number of methoxy groups -OCH3 is 1. The van der Waals surface area contributed by atoms with E-state index in [4.69, 9.17) is 4.74 Å². The normalized spacial score (nSPS) is 10.8. The van der Waals surface area contributed by atoms with Gasteiger partial charge in [-0.15, -0.1) is 0 Å². The van der Waals surface area contributed by atoms with E-state index in [1.54, 1.807) is 37.0 Å². The van der Waals surface area contributed by atoms with Crippen LogP contribution in [0.4, 0.5) is 0 Å². The minimum Gasteiger partial charge on any atom is -0.383 e. The number of aromatic nitrogens is 2. The van der Waals surface area contributed by atoms with E-state index in [9.17, 15) is 9.59 Å². The van der Waals surface area contributed by atoms with Crippen molar-refractivity contribution >= 4 is 16.8 Å². The molecule has 1 aromatic heterocycles. The summed E-state index contributed by atoms with van der Waals surface area (Å²) in [5.41, 5.74) is 0.266. The molecule has 1 aromatic carbocycles. The lowest BCUT2D eigenvalue weighted by Crippen LogP contribution is -2.36. The Balaban J connectivity index is 2.06. The molecule has 0 unspecified atom stereocenters. The first-order chi connectivity index (χ1) is 10.6. The summed E-state index contributed by atoms with van der Waals surface area (Å²) < 4.78 is 6.45. The molecule has 0 bridgehead atoms. The molecule has 2 rings (SSSR count). The van der Waals surface area contributed by atoms with Crippen LogP contribution in [-0.2, 0) is 11.8 Å². The Morgan fingerprint density at radius 1 is 1.27 bits per heavy atom. The maximum Gasteiger partial charge on any atom is 0.275 e. The van der Waals surface area contributed by atoms with E-state index in [-0.39, 0.29) is 11.1 Å². The molecule has 22 heavy (non-hydrogen) atoms. The summed E-state index contributed by atoms with van der Waals surface area (Å²) in [4.78, 5) is 24.4. The van der Waals surface area contributed by atoms with Crippen LogP contribution in [0.25, 0.3) is 10.9 Å². The van der Waals surface area contributed by atoms with Crippen LogP contribution in [0.1, 0.15) is 10.5 Å². The summed E-state index contributed by atoms with van der Waals surface area (Å²) in [5, 5.41) is 10.4. The predicted molar refractivity (Wildman–Crippen MR) is 84.1 cm³/mol. The predicted octanol–water partition coefficient (Wildman–Crippen LogP) is -0.101. The lowest BCUT2D eigenvalue weighted by Gasteiger charge is -2.09. The maximum absolute atomic E-state index is 12.3. The van der Waals surface area contributed by atoms with Crippen LogP contribution in [0.3, 0.4) is 0 Å². The van der Waals surface area contributed by atoms with Crippen molar-refractivity contribution in [1.82, 2.24) is 20.4 Å². The van der Waals surface area contributed by atoms with E-state index >= 15 is 0 Å². The number of para-hydroxylation sites is 1. The second-order valence-corrected chi connectivity index (χ2v) is 4.82. The third-order valence-corrected chi connectivity index (χ3v) is 3.25. The van der Waals surface area contributed by atoms with Crippen molar-refractivity contribution in [1.29, 1.82) is 0 Å². The summed E-state index contributed by atoms with van der Waals surface area (Å²) in [6.45, 7) is 2.34. The van der Waals surface area contributed by atoms with Crippen molar-refractivity contribution in [2.75, 3.05) is 33.4 Å². The van der Waals surface area contributed by atoms with Gasteiger partial charge in [-0.2, -0.15) is 5.10 Å². The summed E-state index contributed by atoms with van der Waals surface area (Å²) >= 11 is 0. The number of nitrogens with zero attached hydrogens (tertiary/aromatic N) is 2. The lowest BCUT2D eigenvalue weighted by atomic mass is 10.2. The number of carbonyl (C=O) groups excluding carboxylic acids is 1. The first kappa shape index (κ1) is 16.1. The molecule has 7 nitrogen and oxygen atoms in total. The number of fused-ring (bicyclic) bond motifs is 1. The number of rotatable bonds is 7. The highest BCUT2D eigenvalue weighted by Gasteiger charge is 2.15. The number of nitrogens with one attached hydrogen (secondary N) is 2. The number of ether oxygens (including phenoxy) is 1. The summed E-state index contributed by atoms with van der Waals surface area (Å²) in [7, 11) is 3.34. The fourth-order valence-electron chi connectivity index (χ4n) is 2.12. The van der Waals surface area contributed by atoms with Gasteiger partial charge >= 0.3 is 0 Å². The first-order valence-electron chi connectivity index (χ1n) is 7.09. The Morgan fingerprint density at radius 2 is 2.05 bits per heavy atom. The molecular weight excluding hydrogens is 284 g/mol. The van der Waals surface area contributed by atoms with Gasteiger partial charge in [0.2, 0.25) is 5.43 Å². The van der Waals surface area contributed by atoms with E-state index < -0.39 is 5.91 Å². The molecule has 0 spiro atoms. The molecule has 1 amide bonds. The molecule has 0 radical (unpaired) electrons. The van der Waals surface area contributed by atoms with Crippen LogP contribution in [0.2, 0.25) is 0 Å². The molecule has 118 valence electrons. The highest BCUT2D eigenvalue weighted by Crippen LogP contribution is 2.07. The van der Waals surface area contributed by atoms with Crippen LogP contribution in [-0.4, -0.2) is 49.0 Å². The van der Waals surface area contributed by atoms with Gasteiger partial charge < -0.3 is 15.4 Å². The van der Waals surface area contributed by atoms with Crippen molar-refractivity contribution < 1.29 is 9.53 Å². The van der Waals surface area contributed by atoms with E-state index in [1.807, 2.05) is 6.07 Å². The van der Waals surface area contributed by atoms with Crippen LogP contribution in [0.15, 0.2) is 29.1 Å². The van der Waals surface area contributed by atoms with Crippen LogP contribution >= 0.6 is 0 Å². The summed E-state index contributed by atoms with van der Waals surface area (Å²) in [6.07, 6.45) is 0. The molecule has 1 heterocycles. The molecule has 0 aliphatic carbocycles. The van der Waals surface area contributed by atoms with Crippen LogP contribution in [0, 0.1) is 0 Å². The Kier molecular flexibility index (Phi) is 5.62. The number of amides is 1. The van der Waals surface area contributed by atoms with E-state index in [1.165, 1.54) is 0 Å². The van der Waals surface area contributed by atoms with E-state index in [0.717, 1.165) is 0 Å². The van der Waals surface area contributed by atoms with Crippen LogP contribution in [0.5, 0.6) is 0 Å². The molecule has 0 aliphatic heterocycles. The first-order valence-corrected chi connectivity index (χ1v) is 7.09. The van der Waals surface area contributed by atoms with Gasteiger partial charge in [-0.25, -0.2) is 0 Å². The van der Waals surface area contributed by atoms with Gasteiger partial charge in [0.1, 0.15) is 0 Å². The molecule has 7 heteroatoms. The Bertz CT molecular complexity index is 711. The number of hydrogen-bond acceptors (Lipinski definition) is 5. The Morgan fingerprint density at radius 3 is 2.82 bits per heavy atom. The third-order valence-electron chi connectivity index (χ3n) is 3.25. The number of hydrogen-bond donors (Lipinski definition) is 2. The molecule has 0 aliphatic rings. The quantitative estimate of drug-likeness (QED) is 0.698. The van der Waals surface area contributed by atoms with E-state index in [0.29, 0.717) is 37.1 Å². The average molecular weight is 304 g/mol. The standard InChI is InChI=1S/C15H20N4O3/c1-19-12-6-4-3-5-11(12)14(20)13(18-19)15(21)17-8-7-16-9-10-22-2/h3-6,16H,7-10H2,1-2H3,(H,17,21). The lowest BCUT2D eigenvalue weighted by molar-refractivity contribution is 0.0946. The zero-order chi connectivity index (χ0) is 15.9.